The van der Waals surface area contributed by atoms with Crippen LogP contribution < -0.4 is 0 Å². The fraction of sp³-hybridized carbons (Fsp3) is 0.200. The number of hydrogen-bond donors (Lipinski definition) is 2. The minimum Gasteiger partial charge on any atom is -0.478 e. The molecule has 2 aromatic carbocycles. The van der Waals surface area contributed by atoms with Crippen molar-refractivity contribution in [3.8, 4) is 0 Å². The molecule has 0 saturated heterocycles. The van der Waals surface area contributed by atoms with Crippen molar-refractivity contribution in [1.29, 1.82) is 0 Å². The van der Waals surface area contributed by atoms with Crippen molar-refractivity contribution in [2.24, 2.45) is 0 Å². The van der Waals surface area contributed by atoms with Crippen molar-refractivity contribution < 1.29 is 43.6 Å². The van der Waals surface area contributed by atoms with Crippen LogP contribution in [0.25, 0.3) is 0 Å². The van der Waals surface area contributed by atoms with Crippen molar-refractivity contribution in [3.63, 3.8) is 0 Å². The summed E-state index contributed by atoms with van der Waals surface area (Å²) in [5, 5.41) is 17.1. The zero-order valence-electron chi connectivity index (χ0n) is 16.4. The van der Waals surface area contributed by atoms with E-state index in [9.17, 15) is 19.2 Å². The van der Waals surface area contributed by atoms with Gasteiger partial charge in [-0.05, 0) is 24.3 Å². The Labute approximate surface area is 167 Å². The number of benzene rings is 2. The Morgan fingerprint density at radius 2 is 0.966 bits per heavy atom. The molecule has 0 saturated carbocycles. The SMILES string of the molecule is COC.COC.O=C(O)c1ccccc1C(=O)O.O=C1OC(=O)c2ccccc21. The molecule has 2 N–H and O–H groups in total. The van der Waals surface area contributed by atoms with Crippen molar-refractivity contribution in [2.75, 3.05) is 28.4 Å². The van der Waals surface area contributed by atoms with Gasteiger partial charge in [0, 0.05) is 28.4 Å². The maximum Gasteiger partial charge on any atom is 0.346 e. The largest absolute Gasteiger partial charge is 0.478 e. The molecule has 0 unspecified atom stereocenters. The molecule has 1 aliphatic rings. The molecule has 0 aromatic heterocycles. The number of hydrogen-bond acceptors (Lipinski definition) is 7. The molecule has 9 heteroatoms. The molecule has 1 aliphatic heterocycles. The van der Waals surface area contributed by atoms with Crippen LogP contribution >= 0.6 is 0 Å². The van der Waals surface area contributed by atoms with Gasteiger partial charge in [-0.15, -0.1) is 0 Å². The highest BCUT2D eigenvalue weighted by Crippen LogP contribution is 2.18. The first-order chi connectivity index (χ1) is 13.7. The molecule has 2 aromatic rings. The van der Waals surface area contributed by atoms with Crippen LogP contribution in [0.1, 0.15) is 41.4 Å². The van der Waals surface area contributed by atoms with Gasteiger partial charge in [0.15, 0.2) is 0 Å². The summed E-state index contributed by atoms with van der Waals surface area (Å²) in [5.41, 5.74) is 0.338. The van der Waals surface area contributed by atoms with Crippen LogP contribution in [-0.2, 0) is 14.2 Å². The summed E-state index contributed by atoms with van der Waals surface area (Å²) in [6.45, 7) is 0. The maximum atomic E-state index is 10.8. The minimum atomic E-state index is -1.23. The van der Waals surface area contributed by atoms with E-state index in [1.54, 1.807) is 52.7 Å². The third-order valence-electron chi connectivity index (χ3n) is 2.94. The predicted octanol–water partition coefficient (Wildman–Crippen LogP) is 2.61. The van der Waals surface area contributed by atoms with Crippen LogP contribution in [-0.4, -0.2) is 62.5 Å². The number of carboxylic acid groups (broad SMARTS) is 2. The fourth-order valence-electron chi connectivity index (χ4n) is 1.89. The van der Waals surface area contributed by atoms with Gasteiger partial charge >= 0.3 is 23.9 Å². The number of rotatable bonds is 2. The highest BCUT2D eigenvalue weighted by molar-refractivity contribution is 6.14. The molecule has 0 amide bonds. The van der Waals surface area contributed by atoms with Crippen molar-refractivity contribution in [3.05, 3.63) is 70.8 Å². The highest BCUT2D eigenvalue weighted by atomic mass is 16.6. The van der Waals surface area contributed by atoms with Crippen LogP contribution in [0.15, 0.2) is 48.5 Å². The Morgan fingerprint density at radius 3 is 1.24 bits per heavy atom. The molecule has 0 bridgehead atoms. The summed E-state index contributed by atoms with van der Waals surface area (Å²) in [7, 11) is 6.50. The van der Waals surface area contributed by atoms with Crippen LogP contribution in [0.5, 0.6) is 0 Å². The zero-order chi connectivity index (χ0) is 22.4. The van der Waals surface area contributed by atoms with E-state index < -0.39 is 23.9 Å². The Balaban J connectivity index is 0.000000427. The molecule has 156 valence electrons. The van der Waals surface area contributed by atoms with E-state index in [0.29, 0.717) is 11.1 Å². The summed E-state index contributed by atoms with van der Waals surface area (Å²) in [6, 6.07) is 12.0. The molecule has 0 spiro atoms. The summed E-state index contributed by atoms with van der Waals surface area (Å²) >= 11 is 0. The Kier molecular flexibility index (Phi) is 11.9. The van der Waals surface area contributed by atoms with Crippen LogP contribution in [0.4, 0.5) is 0 Å². The second-order valence-corrected chi connectivity index (χ2v) is 5.19. The number of esters is 2. The van der Waals surface area contributed by atoms with Gasteiger partial charge in [-0.3, -0.25) is 0 Å². The molecule has 9 nitrogen and oxygen atoms in total. The number of fused-ring (bicyclic) bond motifs is 1. The number of carbonyl (C=O) groups excluding carboxylic acids is 2. The van der Waals surface area contributed by atoms with E-state index in [4.69, 9.17) is 10.2 Å². The van der Waals surface area contributed by atoms with Gasteiger partial charge in [-0.25, -0.2) is 19.2 Å². The molecule has 1 heterocycles. The van der Waals surface area contributed by atoms with Gasteiger partial charge in [0.1, 0.15) is 0 Å². The second kappa shape index (κ2) is 13.6. The minimum absolute atomic E-state index is 0.190. The van der Waals surface area contributed by atoms with Crippen molar-refractivity contribution in [1.82, 2.24) is 0 Å². The number of carbonyl (C=O) groups is 4. The molecule has 29 heavy (non-hydrogen) atoms. The third-order valence-corrected chi connectivity index (χ3v) is 2.94. The van der Waals surface area contributed by atoms with Crippen LogP contribution in [0.3, 0.4) is 0 Å². The van der Waals surface area contributed by atoms with E-state index >= 15 is 0 Å². The summed E-state index contributed by atoms with van der Waals surface area (Å²) in [5.74, 6) is -3.56. The fourth-order valence-corrected chi connectivity index (χ4v) is 1.89. The van der Waals surface area contributed by atoms with E-state index in [-0.39, 0.29) is 11.1 Å². The average molecular weight is 406 g/mol. The lowest BCUT2D eigenvalue weighted by molar-refractivity contribution is 0.0442. The quantitative estimate of drug-likeness (QED) is 0.569. The number of aromatic carboxylic acids is 2. The van der Waals surface area contributed by atoms with Gasteiger partial charge in [0.2, 0.25) is 0 Å². The van der Waals surface area contributed by atoms with E-state index in [1.165, 1.54) is 24.3 Å². The Morgan fingerprint density at radius 1 is 0.690 bits per heavy atom. The third kappa shape index (κ3) is 8.33. The molecule has 3 rings (SSSR count). The van der Waals surface area contributed by atoms with Gasteiger partial charge in [0.25, 0.3) is 0 Å². The van der Waals surface area contributed by atoms with Gasteiger partial charge in [-0.1, -0.05) is 24.3 Å². The van der Waals surface area contributed by atoms with Gasteiger partial charge in [0.05, 0.1) is 22.3 Å². The summed E-state index contributed by atoms with van der Waals surface area (Å²) in [4.78, 5) is 42.6. The molecular formula is C20H22O9. The monoisotopic (exact) mass is 406 g/mol. The first-order valence-corrected chi connectivity index (χ1v) is 7.96. The Hall–Kier alpha value is -3.56. The summed E-state index contributed by atoms with van der Waals surface area (Å²) < 4.78 is 12.9. The molecule has 0 radical (unpaired) electrons. The van der Waals surface area contributed by atoms with Gasteiger partial charge in [-0.2, -0.15) is 0 Å². The lowest BCUT2D eigenvalue weighted by Crippen LogP contribution is -2.06. The summed E-state index contributed by atoms with van der Waals surface area (Å²) in [6.07, 6.45) is 0. The van der Waals surface area contributed by atoms with Crippen molar-refractivity contribution in [2.45, 2.75) is 0 Å². The van der Waals surface area contributed by atoms with Gasteiger partial charge < -0.3 is 24.4 Å². The number of ether oxygens (including phenoxy) is 3. The second-order valence-electron chi connectivity index (χ2n) is 5.19. The number of methoxy groups -OCH3 is 2. The maximum absolute atomic E-state index is 10.8. The molecule has 0 aliphatic carbocycles. The Bertz CT molecular complexity index is 775. The molecule has 0 fully saturated rings. The smallest absolute Gasteiger partial charge is 0.346 e. The lowest BCUT2D eigenvalue weighted by Gasteiger charge is -1.98. The van der Waals surface area contributed by atoms with E-state index in [0.717, 1.165) is 0 Å². The number of cyclic esters (lactones) is 2. The van der Waals surface area contributed by atoms with E-state index in [1.807, 2.05) is 0 Å². The van der Waals surface area contributed by atoms with Crippen LogP contribution in [0.2, 0.25) is 0 Å². The predicted molar refractivity (Wildman–Crippen MR) is 102 cm³/mol. The highest BCUT2D eigenvalue weighted by Gasteiger charge is 2.28. The van der Waals surface area contributed by atoms with Crippen molar-refractivity contribution >= 4 is 23.9 Å². The van der Waals surface area contributed by atoms with E-state index in [2.05, 4.69) is 14.2 Å². The topological polar surface area (TPSA) is 136 Å². The first-order valence-electron chi connectivity index (χ1n) is 7.96. The molecular weight excluding hydrogens is 384 g/mol. The molecule has 0 atom stereocenters. The standard InChI is InChI=1S/C8H6O4.C8H4O3.2C2H6O/c9-7(10)5-3-1-2-4-6(5)8(11)12;9-7-5-3-1-2-4-6(5)8(10)11-7;2*1-3-2/h1-4H,(H,9,10)(H,11,12);1-4H;2*1-2H3. The normalized spacial score (nSPS) is 10.6. The lowest BCUT2D eigenvalue weighted by atomic mass is 10.1. The average Bonchev–Trinajstić information content (AvgIpc) is 2.98. The first kappa shape index (κ1) is 25.4. The van der Waals surface area contributed by atoms with Crippen LogP contribution in [0, 0.1) is 0 Å². The number of carboxylic acids is 2. The zero-order valence-corrected chi connectivity index (χ0v) is 16.4.